The lowest BCUT2D eigenvalue weighted by Gasteiger charge is -2.36. The summed E-state index contributed by atoms with van der Waals surface area (Å²) in [7, 11) is -3.52. The molecule has 1 N–H and O–H groups in total. The van der Waals surface area contributed by atoms with E-state index in [0.717, 1.165) is 23.5 Å². The topological polar surface area (TPSA) is 69.7 Å². The Morgan fingerprint density at radius 1 is 1.11 bits per heavy atom. The summed E-state index contributed by atoms with van der Waals surface area (Å²) < 4.78 is 54.1. The van der Waals surface area contributed by atoms with Gasteiger partial charge in [0.1, 0.15) is 21.5 Å². The number of para-hydroxylation sites is 1. The molecule has 1 fully saturated rings. The first-order valence-electron chi connectivity index (χ1n) is 8.33. The molecule has 0 aliphatic carbocycles. The van der Waals surface area contributed by atoms with Gasteiger partial charge in [-0.1, -0.05) is 12.1 Å². The average molecular weight is 415 g/mol. The Kier molecular flexibility index (Phi) is 5.89. The van der Waals surface area contributed by atoms with Gasteiger partial charge >= 0.3 is 0 Å². The van der Waals surface area contributed by atoms with Gasteiger partial charge in [-0.2, -0.15) is 4.31 Å². The molecular weight excluding hydrogens is 396 g/mol. The Labute approximate surface area is 160 Å². The number of piperazine rings is 1. The number of amides is 1. The predicted molar refractivity (Wildman–Crippen MR) is 99.1 cm³/mol. The summed E-state index contributed by atoms with van der Waals surface area (Å²) in [5, 5.41) is 3.98. The lowest BCUT2D eigenvalue weighted by Crippen LogP contribution is -2.53. The van der Waals surface area contributed by atoms with Crippen LogP contribution in [0.2, 0.25) is 0 Å². The number of thiophene rings is 1. The van der Waals surface area contributed by atoms with Crippen LogP contribution >= 0.6 is 11.3 Å². The maximum Gasteiger partial charge on any atom is 0.252 e. The van der Waals surface area contributed by atoms with Gasteiger partial charge < -0.3 is 5.32 Å². The maximum atomic E-state index is 13.7. The van der Waals surface area contributed by atoms with Crippen LogP contribution in [-0.2, 0) is 14.8 Å². The lowest BCUT2D eigenvalue weighted by atomic mass is 10.2. The molecule has 27 heavy (non-hydrogen) atoms. The van der Waals surface area contributed by atoms with Crippen molar-refractivity contribution < 1.29 is 22.0 Å². The summed E-state index contributed by atoms with van der Waals surface area (Å²) in [5.74, 6) is -2.24. The molecule has 1 aliphatic rings. The van der Waals surface area contributed by atoms with E-state index in [1.807, 2.05) is 0 Å². The van der Waals surface area contributed by atoms with Crippen molar-refractivity contribution in [3.05, 3.63) is 47.3 Å². The molecule has 0 spiro atoms. The minimum Gasteiger partial charge on any atom is -0.320 e. The van der Waals surface area contributed by atoms with Crippen LogP contribution in [0.1, 0.15) is 6.92 Å². The zero-order chi connectivity index (χ0) is 19.6. The Hall–Kier alpha value is -1.88. The van der Waals surface area contributed by atoms with Crippen LogP contribution in [0.4, 0.5) is 14.5 Å². The summed E-state index contributed by atoms with van der Waals surface area (Å²) in [6.45, 7) is 2.80. The van der Waals surface area contributed by atoms with E-state index in [4.69, 9.17) is 0 Å². The van der Waals surface area contributed by atoms with Gasteiger partial charge in [0, 0.05) is 26.2 Å². The molecule has 2 heterocycles. The van der Waals surface area contributed by atoms with Crippen molar-refractivity contribution in [2.24, 2.45) is 0 Å². The third kappa shape index (κ3) is 4.18. The molecule has 0 unspecified atom stereocenters. The monoisotopic (exact) mass is 415 g/mol. The molecule has 1 aromatic heterocycles. The molecule has 1 aromatic carbocycles. The minimum atomic E-state index is -3.52. The molecule has 10 heteroatoms. The second kappa shape index (κ2) is 8.01. The van der Waals surface area contributed by atoms with E-state index in [2.05, 4.69) is 5.32 Å². The molecule has 0 saturated carbocycles. The highest BCUT2D eigenvalue weighted by Crippen LogP contribution is 2.23. The SMILES string of the molecule is C[C@@H](C(=O)Nc1c(F)cccc1F)N1CCN(S(=O)(=O)c2cccs2)CC1. The third-order valence-corrected chi connectivity index (χ3v) is 7.77. The number of halogens is 2. The third-order valence-electron chi connectivity index (χ3n) is 4.50. The van der Waals surface area contributed by atoms with Crippen molar-refractivity contribution >= 4 is 33.0 Å². The fraction of sp³-hybridized carbons (Fsp3) is 0.353. The quantitative estimate of drug-likeness (QED) is 0.814. The first kappa shape index (κ1) is 19.9. The number of carbonyl (C=O) groups is 1. The van der Waals surface area contributed by atoms with Crippen LogP contribution in [0.3, 0.4) is 0 Å². The maximum absolute atomic E-state index is 13.7. The smallest absolute Gasteiger partial charge is 0.252 e. The van der Waals surface area contributed by atoms with E-state index in [1.54, 1.807) is 29.3 Å². The molecular formula is C17H19F2N3O3S2. The first-order chi connectivity index (χ1) is 12.8. The average Bonchev–Trinajstić information content (AvgIpc) is 3.20. The van der Waals surface area contributed by atoms with E-state index >= 15 is 0 Å². The number of sulfonamides is 1. The summed E-state index contributed by atoms with van der Waals surface area (Å²) in [4.78, 5) is 14.2. The number of carbonyl (C=O) groups excluding carboxylic acids is 1. The molecule has 3 rings (SSSR count). The fourth-order valence-corrected chi connectivity index (χ4v) is 5.45. The molecule has 146 valence electrons. The molecule has 1 atom stereocenters. The molecule has 2 aromatic rings. The van der Waals surface area contributed by atoms with E-state index in [-0.39, 0.29) is 17.3 Å². The van der Waals surface area contributed by atoms with Gasteiger partial charge in [0.15, 0.2) is 0 Å². The van der Waals surface area contributed by atoms with E-state index < -0.39 is 39.3 Å². The number of nitrogens with one attached hydrogen (secondary N) is 1. The van der Waals surface area contributed by atoms with Crippen LogP contribution in [0.5, 0.6) is 0 Å². The highest BCUT2D eigenvalue weighted by Gasteiger charge is 2.32. The van der Waals surface area contributed by atoms with E-state index in [1.165, 1.54) is 10.4 Å². The zero-order valence-corrected chi connectivity index (χ0v) is 16.2. The number of benzene rings is 1. The lowest BCUT2D eigenvalue weighted by molar-refractivity contribution is -0.121. The number of nitrogens with zero attached hydrogens (tertiary/aromatic N) is 2. The summed E-state index contributed by atoms with van der Waals surface area (Å²) in [6, 6.07) is 5.94. The van der Waals surface area contributed by atoms with Gasteiger partial charge in [0.2, 0.25) is 5.91 Å². The van der Waals surface area contributed by atoms with Crippen LogP contribution in [0.25, 0.3) is 0 Å². The number of hydrogen-bond acceptors (Lipinski definition) is 5. The Bertz CT molecular complexity index is 891. The van der Waals surface area contributed by atoms with Gasteiger partial charge in [-0.3, -0.25) is 9.69 Å². The van der Waals surface area contributed by atoms with Gasteiger partial charge in [-0.05, 0) is 30.5 Å². The van der Waals surface area contributed by atoms with Crippen molar-refractivity contribution in [1.82, 2.24) is 9.21 Å². The molecule has 1 aliphatic heterocycles. The second-order valence-electron chi connectivity index (χ2n) is 6.13. The van der Waals surface area contributed by atoms with Crippen molar-refractivity contribution in [2.75, 3.05) is 31.5 Å². The molecule has 1 amide bonds. The van der Waals surface area contributed by atoms with E-state index in [9.17, 15) is 22.0 Å². The zero-order valence-electron chi connectivity index (χ0n) is 14.6. The van der Waals surface area contributed by atoms with Crippen LogP contribution in [0, 0.1) is 11.6 Å². The van der Waals surface area contributed by atoms with Gasteiger partial charge in [0.05, 0.1) is 6.04 Å². The fourth-order valence-electron chi connectivity index (χ4n) is 2.88. The van der Waals surface area contributed by atoms with Crippen LogP contribution in [0.15, 0.2) is 39.9 Å². The summed E-state index contributed by atoms with van der Waals surface area (Å²) >= 11 is 1.16. The number of rotatable bonds is 5. The highest BCUT2D eigenvalue weighted by molar-refractivity contribution is 7.91. The molecule has 1 saturated heterocycles. The molecule has 6 nitrogen and oxygen atoms in total. The van der Waals surface area contributed by atoms with Crippen LogP contribution in [-0.4, -0.2) is 55.8 Å². The van der Waals surface area contributed by atoms with Crippen molar-refractivity contribution in [3.63, 3.8) is 0 Å². The van der Waals surface area contributed by atoms with Gasteiger partial charge in [-0.25, -0.2) is 17.2 Å². The Morgan fingerprint density at radius 2 is 1.74 bits per heavy atom. The molecule has 0 radical (unpaired) electrons. The largest absolute Gasteiger partial charge is 0.320 e. The van der Waals surface area contributed by atoms with Crippen molar-refractivity contribution in [2.45, 2.75) is 17.2 Å². The minimum absolute atomic E-state index is 0.242. The van der Waals surface area contributed by atoms with Gasteiger partial charge in [0.25, 0.3) is 10.0 Å². The van der Waals surface area contributed by atoms with Crippen molar-refractivity contribution in [3.8, 4) is 0 Å². The Balaban J connectivity index is 1.61. The predicted octanol–water partition coefficient (Wildman–Crippen LogP) is 2.36. The number of hydrogen-bond donors (Lipinski definition) is 1. The van der Waals surface area contributed by atoms with Crippen molar-refractivity contribution in [1.29, 1.82) is 0 Å². The van der Waals surface area contributed by atoms with Gasteiger partial charge in [-0.15, -0.1) is 11.3 Å². The molecule has 0 bridgehead atoms. The van der Waals surface area contributed by atoms with E-state index in [0.29, 0.717) is 13.1 Å². The van der Waals surface area contributed by atoms with Crippen LogP contribution < -0.4 is 5.32 Å². The summed E-state index contributed by atoms with van der Waals surface area (Å²) in [5.41, 5.74) is -0.478. The Morgan fingerprint density at radius 3 is 2.30 bits per heavy atom. The number of anilines is 1. The summed E-state index contributed by atoms with van der Waals surface area (Å²) in [6.07, 6.45) is 0. The normalized spacial score (nSPS) is 17.6. The second-order valence-corrected chi connectivity index (χ2v) is 9.25. The first-order valence-corrected chi connectivity index (χ1v) is 10.7. The standard InChI is InChI=1S/C17H19F2N3O3S2/c1-12(17(23)20-16-13(18)4-2-5-14(16)19)21-7-9-22(10-8-21)27(24,25)15-6-3-11-26-15/h2-6,11-12H,7-10H2,1H3,(H,20,23)/t12-/m0/s1. The highest BCUT2D eigenvalue weighted by atomic mass is 32.2.